The van der Waals surface area contributed by atoms with Gasteiger partial charge in [0.25, 0.3) is 0 Å². The number of para-hydroxylation sites is 1. The number of esters is 1. The van der Waals surface area contributed by atoms with Gasteiger partial charge < -0.3 is 9.64 Å². The van der Waals surface area contributed by atoms with Gasteiger partial charge in [-0.2, -0.15) is 0 Å². The number of hydrogen-bond acceptors (Lipinski definition) is 6. The number of carbonyl (C=O) groups excluding carboxylic acids is 1. The molecule has 2 heterocycles. The first-order chi connectivity index (χ1) is 11.6. The van der Waals surface area contributed by atoms with Crippen molar-refractivity contribution in [3.8, 4) is 0 Å². The molecule has 0 amide bonds. The van der Waals surface area contributed by atoms with Gasteiger partial charge in [-0.1, -0.05) is 18.2 Å². The number of hydrogen-bond donors (Lipinski definition) is 0. The van der Waals surface area contributed by atoms with Gasteiger partial charge in [-0.05, 0) is 24.5 Å². The van der Waals surface area contributed by atoms with Crippen LogP contribution in [0, 0.1) is 10.1 Å². The number of rotatable bonds is 3. The molecule has 0 radical (unpaired) electrons. The van der Waals surface area contributed by atoms with Crippen LogP contribution in [-0.4, -0.2) is 29.5 Å². The highest BCUT2D eigenvalue weighted by atomic mass is 16.6. The quantitative estimate of drug-likeness (QED) is 0.490. The summed E-state index contributed by atoms with van der Waals surface area (Å²) in [6.45, 7) is 0.678. The standard InChI is InChI=1S/C17H15N3O4/c1-24-16(21)11-8-14(20(22)23)15(18-9-11)19-10-17(6-7-17)12-4-2-3-5-13(12)19/h2-5,8-9H,6-7,10H2,1H3. The van der Waals surface area contributed by atoms with E-state index in [1.54, 1.807) is 0 Å². The Labute approximate surface area is 138 Å². The number of pyridine rings is 1. The van der Waals surface area contributed by atoms with E-state index in [0.717, 1.165) is 18.5 Å². The van der Waals surface area contributed by atoms with E-state index < -0.39 is 10.9 Å². The minimum atomic E-state index is -0.641. The van der Waals surface area contributed by atoms with Crippen LogP contribution in [-0.2, 0) is 10.2 Å². The maximum atomic E-state index is 11.6. The zero-order chi connectivity index (χ0) is 16.9. The molecule has 0 unspecified atom stereocenters. The minimum absolute atomic E-state index is 0.0709. The molecule has 1 aliphatic heterocycles. The SMILES string of the molecule is COC(=O)c1cnc(N2CC3(CC3)c3ccccc32)c([N+](=O)[O-])c1. The van der Waals surface area contributed by atoms with Crippen LogP contribution in [0.25, 0.3) is 0 Å². The van der Waals surface area contributed by atoms with E-state index in [4.69, 9.17) is 0 Å². The number of aromatic nitrogens is 1. The molecule has 1 aliphatic carbocycles. The maximum Gasteiger partial charge on any atom is 0.339 e. The second-order valence-electron chi connectivity index (χ2n) is 6.20. The van der Waals surface area contributed by atoms with Crippen molar-refractivity contribution in [2.24, 2.45) is 0 Å². The summed E-state index contributed by atoms with van der Waals surface area (Å²) >= 11 is 0. The van der Waals surface area contributed by atoms with Crippen LogP contribution < -0.4 is 4.90 Å². The van der Waals surface area contributed by atoms with E-state index >= 15 is 0 Å². The Morgan fingerprint density at radius 3 is 2.79 bits per heavy atom. The Balaban J connectivity index is 1.83. The van der Waals surface area contributed by atoms with Crippen LogP contribution in [0.1, 0.15) is 28.8 Å². The molecule has 0 saturated heterocycles. The van der Waals surface area contributed by atoms with Crippen LogP contribution in [0.4, 0.5) is 17.2 Å². The summed E-state index contributed by atoms with van der Waals surface area (Å²) in [7, 11) is 1.23. The highest BCUT2D eigenvalue weighted by Crippen LogP contribution is 2.58. The lowest BCUT2D eigenvalue weighted by molar-refractivity contribution is -0.384. The second-order valence-corrected chi connectivity index (χ2v) is 6.20. The van der Waals surface area contributed by atoms with Gasteiger partial charge in [-0.15, -0.1) is 0 Å². The number of carbonyl (C=O) groups is 1. The molecule has 7 nitrogen and oxygen atoms in total. The summed E-state index contributed by atoms with van der Waals surface area (Å²) in [6.07, 6.45) is 3.48. The third kappa shape index (κ3) is 2.05. The molecule has 0 atom stereocenters. The lowest BCUT2D eigenvalue weighted by atomic mass is 9.99. The third-order valence-corrected chi connectivity index (χ3v) is 4.80. The molecule has 122 valence electrons. The Morgan fingerprint density at radius 2 is 2.12 bits per heavy atom. The van der Waals surface area contributed by atoms with Crippen molar-refractivity contribution in [1.29, 1.82) is 0 Å². The molecule has 2 aromatic rings. The molecule has 1 aromatic carbocycles. The van der Waals surface area contributed by atoms with Gasteiger partial charge in [-0.3, -0.25) is 10.1 Å². The fourth-order valence-corrected chi connectivity index (χ4v) is 3.42. The molecule has 1 fully saturated rings. The zero-order valence-electron chi connectivity index (χ0n) is 13.1. The molecule has 2 aliphatic rings. The molecule has 0 bridgehead atoms. The summed E-state index contributed by atoms with van der Waals surface area (Å²) in [5.74, 6) is -0.374. The van der Waals surface area contributed by atoms with Crippen molar-refractivity contribution in [2.75, 3.05) is 18.6 Å². The van der Waals surface area contributed by atoms with Crippen LogP contribution in [0.2, 0.25) is 0 Å². The lowest BCUT2D eigenvalue weighted by Gasteiger charge is -2.18. The first-order valence-electron chi connectivity index (χ1n) is 7.65. The number of fused-ring (bicyclic) bond motifs is 2. The van der Waals surface area contributed by atoms with Crippen LogP contribution in [0.5, 0.6) is 0 Å². The molecule has 7 heteroatoms. The van der Waals surface area contributed by atoms with E-state index in [1.165, 1.54) is 24.9 Å². The Bertz CT molecular complexity index is 861. The van der Waals surface area contributed by atoms with Gasteiger partial charge >= 0.3 is 11.7 Å². The lowest BCUT2D eigenvalue weighted by Crippen LogP contribution is -2.21. The van der Waals surface area contributed by atoms with Crippen LogP contribution in [0.15, 0.2) is 36.5 Å². The highest BCUT2D eigenvalue weighted by Gasteiger charge is 2.52. The molecule has 0 N–H and O–H groups in total. The van der Waals surface area contributed by atoms with Gasteiger partial charge in [0.1, 0.15) is 0 Å². The summed E-state index contributed by atoms with van der Waals surface area (Å²) in [5.41, 5.74) is 2.15. The Morgan fingerprint density at radius 1 is 1.38 bits per heavy atom. The summed E-state index contributed by atoms with van der Waals surface area (Å²) in [6, 6.07) is 9.18. The Hall–Kier alpha value is -2.96. The normalized spacial score (nSPS) is 16.8. The monoisotopic (exact) mass is 325 g/mol. The first kappa shape index (κ1) is 14.6. The van der Waals surface area contributed by atoms with E-state index in [9.17, 15) is 14.9 Å². The molecule has 1 saturated carbocycles. The minimum Gasteiger partial charge on any atom is -0.465 e. The van der Waals surface area contributed by atoms with Gasteiger partial charge in [0, 0.05) is 29.9 Å². The largest absolute Gasteiger partial charge is 0.465 e. The number of benzene rings is 1. The number of nitrogens with zero attached hydrogens (tertiary/aromatic N) is 3. The van der Waals surface area contributed by atoms with Crippen LogP contribution in [0.3, 0.4) is 0 Å². The zero-order valence-corrected chi connectivity index (χ0v) is 13.1. The van der Waals surface area contributed by atoms with E-state index in [1.807, 2.05) is 23.1 Å². The van der Waals surface area contributed by atoms with Gasteiger partial charge in [0.05, 0.1) is 17.6 Å². The maximum absolute atomic E-state index is 11.6. The molecule has 1 aromatic heterocycles. The predicted octanol–water partition coefficient (Wildman–Crippen LogP) is 2.96. The van der Waals surface area contributed by atoms with Crippen LogP contribution >= 0.6 is 0 Å². The average Bonchev–Trinajstić information content (AvgIpc) is 3.31. The molecular weight excluding hydrogens is 310 g/mol. The second kappa shape index (κ2) is 5.02. The molecular formula is C17H15N3O4. The van der Waals surface area contributed by atoms with E-state index in [2.05, 4.69) is 15.8 Å². The fraction of sp³-hybridized carbons (Fsp3) is 0.294. The molecule has 1 spiro atoms. The van der Waals surface area contributed by atoms with Crippen molar-refractivity contribution in [3.05, 3.63) is 57.8 Å². The summed E-state index contributed by atoms with van der Waals surface area (Å²) in [5, 5.41) is 11.5. The smallest absolute Gasteiger partial charge is 0.339 e. The van der Waals surface area contributed by atoms with Crippen molar-refractivity contribution in [3.63, 3.8) is 0 Å². The summed E-state index contributed by atoms with van der Waals surface area (Å²) in [4.78, 5) is 28.8. The topological polar surface area (TPSA) is 85.6 Å². The third-order valence-electron chi connectivity index (χ3n) is 4.80. The number of ether oxygens (including phenoxy) is 1. The first-order valence-corrected chi connectivity index (χ1v) is 7.65. The predicted molar refractivity (Wildman–Crippen MR) is 86.6 cm³/mol. The van der Waals surface area contributed by atoms with Crippen molar-refractivity contribution >= 4 is 23.2 Å². The Kier molecular flexibility index (Phi) is 3.06. The van der Waals surface area contributed by atoms with Crippen molar-refractivity contribution in [2.45, 2.75) is 18.3 Å². The van der Waals surface area contributed by atoms with Crippen molar-refractivity contribution < 1.29 is 14.5 Å². The number of anilines is 2. The number of nitro groups is 1. The molecule has 24 heavy (non-hydrogen) atoms. The van der Waals surface area contributed by atoms with Gasteiger partial charge in [-0.25, -0.2) is 9.78 Å². The van der Waals surface area contributed by atoms with Gasteiger partial charge in [0.2, 0.25) is 5.82 Å². The van der Waals surface area contributed by atoms with E-state index in [-0.39, 0.29) is 22.5 Å². The van der Waals surface area contributed by atoms with Gasteiger partial charge in [0.15, 0.2) is 0 Å². The number of methoxy groups -OCH3 is 1. The van der Waals surface area contributed by atoms with E-state index in [0.29, 0.717) is 6.54 Å². The fourth-order valence-electron chi connectivity index (χ4n) is 3.42. The highest BCUT2D eigenvalue weighted by molar-refractivity contribution is 5.91. The average molecular weight is 325 g/mol. The molecule has 4 rings (SSSR count). The summed E-state index contributed by atoms with van der Waals surface area (Å²) < 4.78 is 4.62. The van der Waals surface area contributed by atoms with Crippen molar-refractivity contribution in [1.82, 2.24) is 4.98 Å².